The molecule has 0 amide bonds. The molecule has 8 nitrogen and oxygen atoms in total. The normalized spacial score (nSPS) is 10.4. The SMILES string of the molecule is COc1ccc(-n2nnc(C(C)=O)c2NCc2cc(OC)cc(OC)c2)cc1. The fourth-order valence-electron chi connectivity index (χ4n) is 2.74. The van der Waals surface area contributed by atoms with Crippen molar-refractivity contribution in [3.63, 3.8) is 0 Å². The number of nitrogens with one attached hydrogen (secondary N) is 1. The van der Waals surface area contributed by atoms with Crippen molar-refractivity contribution >= 4 is 11.6 Å². The van der Waals surface area contributed by atoms with E-state index >= 15 is 0 Å². The third-order valence-corrected chi connectivity index (χ3v) is 4.19. The van der Waals surface area contributed by atoms with E-state index in [4.69, 9.17) is 14.2 Å². The molecule has 1 N–H and O–H groups in total. The van der Waals surface area contributed by atoms with Crippen molar-refractivity contribution in [1.29, 1.82) is 0 Å². The van der Waals surface area contributed by atoms with Gasteiger partial charge in [-0.3, -0.25) is 4.79 Å². The molecule has 0 fully saturated rings. The van der Waals surface area contributed by atoms with Gasteiger partial charge in [0.05, 0.1) is 27.0 Å². The topological polar surface area (TPSA) is 87.5 Å². The molecule has 0 atom stereocenters. The second-order valence-corrected chi connectivity index (χ2v) is 6.03. The zero-order chi connectivity index (χ0) is 20.1. The maximum Gasteiger partial charge on any atom is 0.183 e. The van der Waals surface area contributed by atoms with Crippen molar-refractivity contribution in [3.8, 4) is 22.9 Å². The Bertz CT molecular complexity index is 945. The van der Waals surface area contributed by atoms with Gasteiger partial charge in [0.25, 0.3) is 0 Å². The summed E-state index contributed by atoms with van der Waals surface area (Å²) in [7, 11) is 4.80. The van der Waals surface area contributed by atoms with E-state index in [-0.39, 0.29) is 11.5 Å². The first-order valence-corrected chi connectivity index (χ1v) is 8.62. The lowest BCUT2D eigenvalue weighted by Gasteiger charge is -2.12. The fraction of sp³-hybridized carbons (Fsp3) is 0.250. The molecule has 0 spiro atoms. The van der Waals surface area contributed by atoms with E-state index in [1.54, 1.807) is 32.1 Å². The molecule has 0 aliphatic heterocycles. The molecule has 0 radical (unpaired) electrons. The van der Waals surface area contributed by atoms with Crippen molar-refractivity contribution < 1.29 is 19.0 Å². The van der Waals surface area contributed by atoms with Gasteiger partial charge in [-0.1, -0.05) is 5.21 Å². The van der Waals surface area contributed by atoms with Crippen molar-refractivity contribution in [3.05, 3.63) is 53.7 Å². The highest BCUT2D eigenvalue weighted by atomic mass is 16.5. The van der Waals surface area contributed by atoms with Crippen LogP contribution in [0.1, 0.15) is 23.0 Å². The highest BCUT2D eigenvalue weighted by Crippen LogP contribution is 2.25. The molecule has 0 saturated carbocycles. The predicted octanol–water partition coefficient (Wildman–Crippen LogP) is 3.11. The fourth-order valence-corrected chi connectivity index (χ4v) is 2.74. The van der Waals surface area contributed by atoms with Crippen LogP contribution in [0.15, 0.2) is 42.5 Å². The summed E-state index contributed by atoms with van der Waals surface area (Å²) in [6.45, 7) is 1.89. The van der Waals surface area contributed by atoms with E-state index in [2.05, 4.69) is 15.6 Å². The third-order valence-electron chi connectivity index (χ3n) is 4.19. The molecular formula is C20H22N4O4. The minimum absolute atomic E-state index is 0.175. The summed E-state index contributed by atoms with van der Waals surface area (Å²) in [4.78, 5) is 12.0. The van der Waals surface area contributed by atoms with E-state index in [1.165, 1.54) is 6.92 Å². The first-order valence-electron chi connectivity index (χ1n) is 8.62. The smallest absolute Gasteiger partial charge is 0.183 e. The van der Waals surface area contributed by atoms with Crippen LogP contribution in [0.3, 0.4) is 0 Å². The molecule has 1 heterocycles. The zero-order valence-corrected chi connectivity index (χ0v) is 16.2. The maximum absolute atomic E-state index is 12.0. The van der Waals surface area contributed by atoms with Gasteiger partial charge < -0.3 is 19.5 Å². The Hall–Kier alpha value is -3.55. The van der Waals surface area contributed by atoms with Gasteiger partial charge in [-0.2, -0.15) is 4.68 Å². The summed E-state index contributed by atoms with van der Waals surface area (Å²) in [5.41, 5.74) is 1.95. The molecule has 0 unspecified atom stereocenters. The molecule has 1 aromatic heterocycles. The number of Topliss-reactive ketones (excluding diaryl/α,β-unsaturated/α-hetero) is 1. The van der Waals surface area contributed by atoms with Crippen LogP contribution in [0.5, 0.6) is 17.2 Å². The molecular weight excluding hydrogens is 360 g/mol. The number of anilines is 1. The van der Waals surface area contributed by atoms with Crippen LogP contribution in [0.25, 0.3) is 5.69 Å². The van der Waals surface area contributed by atoms with Gasteiger partial charge in [0.1, 0.15) is 17.2 Å². The number of ketones is 1. The van der Waals surface area contributed by atoms with Crippen molar-refractivity contribution in [2.75, 3.05) is 26.6 Å². The van der Waals surface area contributed by atoms with Crippen LogP contribution in [0.2, 0.25) is 0 Å². The van der Waals surface area contributed by atoms with Gasteiger partial charge in [-0.15, -0.1) is 5.10 Å². The lowest BCUT2D eigenvalue weighted by atomic mass is 10.2. The Morgan fingerprint density at radius 2 is 1.57 bits per heavy atom. The number of nitrogens with zero attached hydrogens (tertiary/aromatic N) is 3. The molecule has 8 heteroatoms. The number of methoxy groups -OCH3 is 3. The Morgan fingerprint density at radius 3 is 2.11 bits per heavy atom. The summed E-state index contributed by atoms with van der Waals surface area (Å²) >= 11 is 0. The van der Waals surface area contributed by atoms with Crippen molar-refractivity contribution in [2.24, 2.45) is 0 Å². The van der Waals surface area contributed by atoms with Crippen LogP contribution < -0.4 is 19.5 Å². The standard InChI is InChI=1S/C20H22N4O4/c1-13(25)19-20(21-12-14-9-17(27-3)11-18(10-14)28-4)24(23-22-19)15-5-7-16(26-2)8-6-15/h5-11,21H,12H2,1-4H3. The molecule has 0 aliphatic carbocycles. The largest absolute Gasteiger partial charge is 0.497 e. The number of hydrogen-bond donors (Lipinski definition) is 1. The molecule has 28 heavy (non-hydrogen) atoms. The first-order chi connectivity index (χ1) is 13.5. The van der Waals surface area contributed by atoms with Crippen LogP contribution in [-0.4, -0.2) is 42.1 Å². The maximum atomic E-state index is 12.0. The van der Waals surface area contributed by atoms with Crippen molar-refractivity contribution in [1.82, 2.24) is 15.0 Å². The van der Waals surface area contributed by atoms with E-state index < -0.39 is 0 Å². The number of rotatable bonds is 8. The Morgan fingerprint density at radius 1 is 0.964 bits per heavy atom. The van der Waals surface area contributed by atoms with Gasteiger partial charge in [-0.25, -0.2) is 0 Å². The van der Waals surface area contributed by atoms with Gasteiger partial charge >= 0.3 is 0 Å². The van der Waals surface area contributed by atoms with Gasteiger partial charge in [0, 0.05) is 19.5 Å². The van der Waals surface area contributed by atoms with E-state index in [1.807, 2.05) is 36.4 Å². The van der Waals surface area contributed by atoms with Gasteiger partial charge in [0.15, 0.2) is 17.3 Å². The summed E-state index contributed by atoms with van der Waals surface area (Å²) in [6.07, 6.45) is 0. The number of benzene rings is 2. The second-order valence-electron chi connectivity index (χ2n) is 6.03. The highest BCUT2D eigenvalue weighted by Gasteiger charge is 2.18. The van der Waals surface area contributed by atoms with Crippen molar-refractivity contribution in [2.45, 2.75) is 13.5 Å². The van der Waals surface area contributed by atoms with Crippen LogP contribution in [-0.2, 0) is 6.54 Å². The number of ether oxygens (including phenoxy) is 3. The zero-order valence-electron chi connectivity index (χ0n) is 16.2. The lowest BCUT2D eigenvalue weighted by molar-refractivity contribution is 0.101. The summed E-state index contributed by atoms with van der Waals surface area (Å²) in [5.74, 6) is 2.44. The van der Waals surface area contributed by atoms with Crippen LogP contribution in [0, 0.1) is 0 Å². The number of hydrogen-bond acceptors (Lipinski definition) is 7. The molecule has 3 rings (SSSR count). The number of carbonyl (C=O) groups is 1. The molecule has 0 bridgehead atoms. The first kappa shape index (κ1) is 19.2. The van der Waals surface area contributed by atoms with E-state index in [0.29, 0.717) is 23.9 Å². The molecule has 3 aromatic rings. The van der Waals surface area contributed by atoms with Crippen LogP contribution in [0.4, 0.5) is 5.82 Å². The molecule has 0 aliphatic rings. The Labute approximate surface area is 163 Å². The second kappa shape index (κ2) is 8.43. The minimum atomic E-state index is -0.175. The highest BCUT2D eigenvalue weighted by molar-refractivity contribution is 5.96. The Kier molecular flexibility index (Phi) is 5.78. The third kappa shape index (κ3) is 4.06. The molecule has 2 aromatic carbocycles. The van der Waals surface area contributed by atoms with Gasteiger partial charge in [-0.05, 0) is 42.0 Å². The van der Waals surface area contributed by atoms with Gasteiger partial charge in [0.2, 0.25) is 0 Å². The predicted molar refractivity (Wildman–Crippen MR) is 105 cm³/mol. The van der Waals surface area contributed by atoms with Crippen LogP contribution >= 0.6 is 0 Å². The van der Waals surface area contributed by atoms with E-state index in [9.17, 15) is 4.79 Å². The summed E-state index contributed by atoms with van der Waals surface area (Å²) in [5, 5.41) is 11.4. The molecule has 146 valence electrons. The molecule has 0 saturated heterocycles. The number of carbonyl (C=O) groups excluding carboxylic acids is 1. The monoisotopic (exact) mass is 382 g/mol. The average molecular weight is 382 g/mol. The average Bonchev–Trinajstić information content (AvgIpc) is 3.16. The summed E-state index contributed by atoms with van der Waals surface area (Å²) in [6, 6.07) is 12.9. The lowest BCUT2D eigenvalue weighted by Crippen LogP contribution is -2.09. The Balaban J connectivity index is 1.92. The summed E-state index contributed by atoms with van der Waals surface area (Å²) < 4.78 is 17.4. The number of aromatic nitrogens is 3. The van der Waals surface area contributed by atoms with E-state index in [0.717, 1.165) is 17.0 Å². The minimum Gasteiger partial charge on any atom is -0.497 e. The quantitative estimate of drug-likeness (QED) is 0.599.